The number of nitrogens with zero attached hydrogens (tertiary/aromatic N) is 1. The summed E-state index contributed by atoms with van der Waals surface area (Å²) >= 11 is 0. The molecule has 0 aliphatic carbocycles. The zero-order valence-corrected chi connectivity index (χ0v) is 17.8. The number of carbonyl (C=O) groups excluding carboxylic acids is 3. The summed E-state index contributed by atoms with van der Waals surface area (Å²) in [4.78, 5) is 37.7. The van der Waals surface area contributed by atoms with Crippen LogP contribution in [-0.4, -0.2) is 41.6 Å². The molecule has 3 N–H and O–H groups in total. The normalized spacial score (nSPS) is 12.2. The molecule has 8 heteroatoms. The first-order valence-corrected chi connectivity index (χ1v) is 9.54. The van der Waals surface area contributed by atoms with Gasteiger partial charge in [0, 0.05) is 27.2 Å². The molecule has 1 amide bonds. The number of anilines is 1. The number of hydrogen-bond donors (Lipinski definition) is 3. The van der Waals surface area contributed by atoms with E-state index in [4.69, 9.17) is 4.42 Å². The van der Waals surface area contributed by atoms with E-state index in [0.717, 1.165) is 12.7 Å². The second-order valence-corrected chi connectivity index (χ2v) is 7.05. The summed E-state index contributed by atoms with van der Waals surface area (Å²) in [5.74, 6) is -0.680. The maximum absolute atomic E-state index is 12.4. The van der Waals surface area contributed by atoms with Crippen molar-refractivity contribution in [2.75, 3.05) is 19.4 Å². The predicted molar refractivity (Wildman–Crippen MR) is 113 cm³/mol. The van der Waals surface area contributed by atoms with Gasteiger partial charge < -0.3 is 25.1 Å². The average Bonchev–Trinajstić information content (AvgIpc) is 3.13. The van der Waals surface area contributed by atoms with Crippen molar-refractivity contribution in [1.82, 2.24) is 10.2 Å². The van der Waals surface area contributed by atoms with Crippen LogP contribution in [-0.2, 0) is 9.59 Å². The minimum Gasteiger partial charge on any atom is -0.505 e. The zero-order chi connectivity index (χ0) is 22.4. The molecule has 8 nitrogen and oxygen atoms in total. The maximum atomic E-state index is 12.4. The second kappa shape index (κ2) is 9.78. The van der Waals surface area contributed by atoms with Gasteiger partial charge in [0.2, 0.25) is 11.6 Å². The van der Waals surface area contributed by atoms with Crippen LogP contribution in [0.4, 0.5) is 5.69 Å². The average molecular weight is 413 g/mol. The van der Waals surface area contributed by atoms with E-state index in [0.29, 0.717) is 12.2 Å². The van der Waals surface area contributed by atoms with Gasteiger partial charge in [-0.15, -0.1) is 0 Å². The summed E-state index contributed by atoms with van der Waals surface area (Å²) in [6, 6.07) is 8.02. The smallest absolute Gasteiger partial charge is 0.257 e. The Morgan fingerprint density at radius 3 is 2.43 bits per heavy atom. The fourth-order valence-electron chi connectivity index (χ4n) is 2.78. The van der Waals surface area contributed by atoms with E-state index in [-0.39, 0.29) is 28.7 Å². The van der Waals surface area contributed by atoms with Gasteiger partial charge in [-0.25, -0.2) is 0 Å². The molecule has 0 aliphatic rings. The highest BCUT2D eigenvalue weighted by atomic mass is 16.3. The fourth-order valence-corrected chi connectivity index (χ4v) is 2.78. The van der Waals surface area contributed by atoms with Crippen LogP contribution in [0.5, 0.6) is 5.75 Å². The molecule has 1 aromatic carbocycles. The Morgan fingerprint density at radius 2 is 1.90 bits per heavy atom. The number of aromatic hydroxyl groups is 1. The van der Waals surface area contributed by atoms with Crippen LogP contribution in [0.2, 0.25) is 0 Å². The molecule has 160 valence electrons. The van der Waals surface area contributed by atoms with E-state index < -0.39 is 17.5 Å². The first kappa shape index (κ1) is 22.7. The standard InChI is InChI=1S/C22H27N3O5/c1-6-16(19-11-10-13(2)30-19)23-12-18(20(27)14(3)26)24-17-9-7-8-15(21(17)28)22(29)25(4)5/h7-12,16,23-24,28H,6H2,1-5H3/b18-12-/t16-/m1/s1. The summed E-state index contributed by atoms with van der Waals surface area (Å²) in [6.07, 6.45) is 2.05. The molecule has 1 atom stereocenters. The Balaban J connectivity index is 2.35. The summed E-state index contributed by atoms with van der Waals surface area (Å²) in [5, 5.41) is 16.4. The molecule has 2 aromatic rings. The SMILES string of the molecule is CC[C@@H](N/C=C(\Nc1cccc(C(=O)N(C)C)c1O)C(=O)C(C)=O)c1ccc(C)o1. The number of aryl methyl sites for hydroxylation is 1. The minimum atomic E-state index is -0.767. The van der Waals surface area contributed by atoms with Gasteiger partial charge in [-0.2, -0.15) is 0 Å². The quantitative estimate of drug-likeness (QED) is 0.329. The van der Waals surface area contributed by atoms with Crippen LogP contribution < -0.4 is 10.6 Å². The van der Waals surface area contributed by atoms with Crippen molar-refractivity contribution in [3.05, 3.63) is 59.3 Å². The number of rotatable bonds is 9. The van der Waals surface area contributed by atoms with Gasteiger partial charge in [-0.1, -0.05) is 13.0 Å². The summed E-state index contributed by atoms with van der Waals surface area (Å²) in [6.45, 7) is 4.95. The van der Waals surface area contributed by atoms with Gasteiger partial charge >= 0.3 is 0 Å². The fraction of sp³-hybridized carbons (Fsp3) is 0.318. The molecule has 0 saturated carbocycles. The van der Waals surface area contributed by atoms with Gasteiger partial charge in [0.15, 0.2) is 5.75 Å². The number of furan rings is 1. The van der Waals surface area contributed by atoms with Gasteiger partial charge in [0.05, 0.1) is 17.3 Å². The molecule has 0 radical (unpaired) electrons. The van der Waals surface area contributed by atoms with Crippen molar-refractivity contribution < 1.29 is 23.9 Å². The van der Waals surface area contributed by atoms with Crippen LogP contribution in [0.1, 0.15) is 48.2 Å². The predicted octanol–water partition coefficient (Wildman–Crippen LogP) is 3.15. The van der Waals surface area contributed by atoms with Gasteiger partial charge in [0.1, 0.15) is 17.2 Å². The largest absolute Gasteiger partial charge is 0.505 e. The Labute approximate surface area is 175 Å². The zero-order valence-electron chi connectivity index (χ0n) is 17.8. The van der Waals surface area contributed by atoms with Gasteiger partial charge in [-0.05, 0) is 37.6 Å². The van der Waals surface area contributed by atoms with Crippen molar-refractivity contribution in [2.45, 2.75) is 33.2 Å². The van der Waals surface area contributed by atoms with E-state index in [2.05, 4.69) is 10.6 Å². The lowest BCUT2D eigenvalue weighted by atomic mass is 10.1. The summed E-state index contributed by atoms with van der Waals surface area (Å²) in [7, 11) is 3.13. The van der Waals surface area contributed by atoms with Crippen LogP contribution in [0.15, 0.2) is 46.6 Å². The van der Waals surface area contributed by atoms with Gasteiger partial charge in [0.25, 0.3) is 5.91 Å². The summed E-state index contributed by atoms with van der Waals surface area (Å²) in [5.41, 5.74) is 0.145. The van der Waals surface area contributed by atoms with Crippen molar-refractivity contribution in [3.8, 4) is 5.75 Å². The Hall–Kier alpha value is -3.55. The lowest BCUT2D eigenvalue weighted by Gasteiger charge is -2.17. The van der Waals surface area contributed by atoms with Crippen molar-refractivity contribution >= 4 is 23.2 Å². The molecule has 30 heavy (non-hydrogen) atoms. The van der Waals surface area contributed by atoms with Crippen LogP contribution >= 0.6 is 0 Å². The van der Waals surface area contributed by atoms with E-state index >= 15 is 0 Å². The lowest BCUT2D eigenvalue weighted by molar-refractivity contribution is -0.133. The van der Waals surface area contributed by atoms with Crippen molar-refractivity contribution in [2.24, 2.45) is 0 Å². The molecular weight excluding hydrogens is 386 g/mol. The number of nitrogens with one attached hydrogen (secondary N) is 2. The van der Waals surface area contributed by atoms with Crippen molar-refractivity contribution in [1.29, 1.82) is 0 Å². The van der Waals surface area contributed by atoms with E-state index in [1.807, 2.05) is 26.0 Å². The molecule has 1 heterocycles. The Kier molecular flexibility index (Phi) is 7.41. The number of phenolic OH excluding ortho intramolecular Hbond substituents is 1. The molecule has 1 aromatic heterocycles. The third-order valence-corrected chi connectivity index (χ3v) is 4.45. The molecule has 0 spiro atoms. The van der Waals surface area contributed by atoms with Crippen LogP contribution in [0.3, 0.4) is 0 Å². The summed E-state index contributed by atoms with van der Waals surface area (Å²) < 4.78 is 5.63. The molecular formula is C22H27N3O5. The Morgan fingerprint density at radius 1 is 1.20 bits per heavy atom. The number of phenols is 1. The number of para-hydroxylation sites is 1. The molecule has 0 bridgehead atoms. The van der Waals surface area contributed by atoms with E-state index in [1.165, 1.54) is 23.2 Å². The van der Waals surface area contributed by atoms with Gasteiger partial charge in [-0.3, -0.25) is 14.4 Å². The first-order chi connectivity index (χ1) is 14.1. The topological polar surface area (TPSA) is 112 Å². The highest BCUT2D eigenvalue weighted by Gasteiger charge is 2.21. The molecule has 2 rings (SSSR count). The third-order valence-electron chi connectivity index (χ3n) is 4.45. The van der Waals surface area contributed by atoms with Crippen molar-refractivity contribution in [3.63, 3.8) is 0 Å². The molecule has 0 aliphatic heterocycles. The number of amides is 1. The number of benzene rings is 1. The third kappa shape index (κ3) is 5.28. The first-order valence-electron chi connectivity index (χ1n) is 9.54. The Bertz CT molecular complexity index is 975. The van der Waals surface area contributed by atoms with Crippen LogP contribution in [0, 0.1) is 6.92 Å². The number of allylic oxidation sites excluding steroid dienone is 1. The monoisotopic (exact) mass is 413 g/mol. The second-order valence-electron chi connectivity index (χ2n) is 7.05. The minimum absolute atomic E-state index is 0.0611. The lowest BCUT2D eigenvalue weighted by Crippen LogP contribution is -2.24. The number of hydrogen-bond acceptors (Lipinski definition) is 7. The van der Waals surface area contributed by atoms with E-state index in [1.54, 1.807) is 20.2 Å². The molecule has 0 fully saturated rings. The maximum Gasteiger partial charge on any atom is 0.257 e. The number of ketones is 2. The highest BCUT2D eigenvalue weighted by Crippen LogP contribution is 2.29. The molecule has 0 unspecified atom stereocenters. The number of Topliss-reactive ketones (excluding diaryl/α,β-unsaturated/α-hetero) is 2. The molecule has 0 saturated heterocycles. The number of carbonyl (C=O) groups is 3. The highest BCUT2D eigenvalue weighted by molar-refractivity contribution is 6.43. The van der Waals surface area contributed by atoms with E-state index in [9.17, 15) is 19.5 Å². The van der Waals surface area contributed by atoms with Crippen LogP contribution in [0.25, 0.3) is 0 Å².